The Balaban J connectivity index is 0.00000161. The van der Waals surface area contributed by atoms with Gasteiger partial charge in [0.1, 0.15) is 0 Å². The van der Waals surface area contributed by atoms with E-state index in [1.165, 1.54) is 37.4 Å². The van der Waals surface area contributed by atoms with Gasteiger partial charge >= 0.3 is 0 Å². The number of nitrogens with zero attached hydrogens (tertiary/aromatic N) is 3. The molecule has 3 heterocycles. The van der Waals surface area contributed by atoms with Crippen molar-refractivity contribution in [2.75, 3.05) is 51.7 Å². The van der Waals surface area contributed by atoms with Crippen LogP contribution in [-0.4, -0.2) is 60.7 Å². The summed E-state index contributed by atoms with van der Waals surface area (Å²) in [4.78, 5) is 10.5. The molecule has 120 valence electrons. The molecule has 2 saturated heterocycles. The summed E-state index contributed by atoms with van der Waals surface area (Å²) in [6.07, 6.45) is 4.38. The van der Waals surface area contributed by atoms with E-state index in [-0.39, 0.29) is 12.4 Å². The number of halogens is 1. The molecule has 0 atom stereocenters. The highest BCUT2D eigenvalue weighted by Crippen LogP contribution is 2.19. The number of anilines is 1. The number of ether oxygens (including phenoxy) is 1. The largest absolute Gasteiger partial charge is 0.381 e. The molecule has 21 heavy (non-hydrogen) atoms. The first-order valence-electron chi connectivity index (χ1n) is 7.52. The molecule has 2 fully saturated rings. The second-order valence-electron chi connectivity index (χ2n) is 5.80. The molecule has 0 unspecified atom stereocenters. The Kier molecular flexibility index (Phi) is 6.70. The Hall–Kier alpha value is -0.400. The zero-order valence-electron chi connectivity index (χ0n) is 12.4. The maximum Gasteiger partial charge on any atom is 0.180 e. The van der Waals surface area contributed by atoms with E-state index in [9.17, 15) is 0 Å². The van der Waals surface area contributed by atoms with Gasteiger partial charge in [0.15, 0.2) is 5.13 Å². The van der Waals surface area contributed by atoms with E-state index in [1.807, 2.05) is 6.20 Å². The highest BCUT2D eigenvalue weighted by Gasteiger charge is 2.21. The summed E-state index contributed by atoms with van der Waals surface area (Å²) in [5.74, 6) is 0.844. The number of nitrogens with two attached hydrogens (primary N) is 1. The van der Waals surface area contributed by atoms with E-state index < -0.39 is 0 Å². The molecule has 7 heteroatoms. The molecule has 2 N–H and O–H groups in total. The van der Waals surface area contributed by atoms with Gasteiger partial charge < -0.3 is 15.4 Å². The molecular weight excluding hydrogens is 308 g/mol. The van der Waals surface area contributed by atoms with E-state index in [1.54, 1.807) is 11.3 Å². The van der Waals surface area contributed by atoms with Crippen molar-refractivity contribution in [1.82, 2.24) is 14.8 Å². The highest BCUT2D eigenvalue weighted by molar-refractivity contribution is 7.15. The quantitative estimate of drug-likeness (QED) is 0.909. The lowest BCUT2D eigenvalue weighted by Crippen LogP contribution is -2.47. The van der Waals surface area contributed by atoms with Gasteiger partial charge in [0.2, 0.25) is 0 Å². The number of hydrogen-bond acceptors (Lipinski definition) is 6. The Morgan fingerprint density at radius 1 is 1.19 bits per heavy atom. The highest BCUT2D eigenvalue weighted by atomic mass is 35.5. The van der Waals surface area contributed by atoms with Gasteiger partial charge in [0, 0.05) is 63.6 Å². The summed E-state index contributed by atoms with van der Waals surface area (Å²) in [7, 11) is 0. The third-order valence-electron chi connectivity index (χ3n) is 4.27. The summed E-state index contributed by atoms with van der Waals surface area (Å²) in [6.45, 7) is 8.85. The summed E-state index contributed by atoms with van der Waals surface area (Å²) < 4.78 is 5.43. The maximum absolute atomic E-state index is 5.68. The van der Waals surface area contributed by atoms with Gasteiger partial charge in [0.25, 0.3) is 0 Å². The predicted octanol–water partition coefficient (Wildman–Crippen LogP) is 1.69. The number of piperazine rings is 1. The zero-order chi connectivity index (χ0) is 13.8. The summed E-state index contributed by atoms with van der Waals surface area (Å²) in [5, 5.41) is 0.679. The molecule has 0 bridgehead atoms. The molecule has 0 aliphatic carbocycles. The minimum absolute atomic E-state index is 0. The van der Waals surface area contributed by atoms with Gasteiger partial charge in [-0.3, -0.25) is 4.90 Å². The minimum Gasteiger partial charge on any atom is -0.381 e. The number of aromatic nitrogens is 1. The molecular formula is C14H25ClN4OS. The lowest BCUT2D eigenvalue weighted by atomic mass is 9.99. The first kappa shape index (κ1) is 17.0. The molecule has 2 aliphatic heterocycles. The third kappa shape index (κ3) is 5.07. The second kappa shape index (κ2) is 8.29. The van der Waals surface area contributed by atoms with Gasteiger partial charge in [-0.15, -0.1) is 23.7 Å². The number of thiazole rings is 1. The number of nitrogen functional groups attached to an aromatic ring is 1. The monoisotopic (exact) mass is 332 g/mol. The molecule has 1 aromatic heterocycles. The van der Waals surface area contributed by atoms with E-state index in [2.05, 4.69) is 14.8 Å². The van der Waals surface area contributed by atoms with Crippen LogP contribution in [0.2, 0.25) is 0 Å². The Bertz CT molecular complexity index is 417. The van der Waals surface area contributed by atoms with Crippen LogP contribution in [0.15, 0.2) is 6.20 Å². The van der Waals surface area contributed by atoms with Crippen LogP contribution < -0.4 is 5.73 Å². The van der Waals surface area contributed by atoms with Crippen molar-refractivity contribution in [1.29, 1.82) is 0 Å². The molecule has 0 radical (unpaired) electrons. The van der Waals surface area contributed by atoms with E-state index in [0.29, 0.717) is 5.13 Å². The van der Waals surface area contributed by atoms with Gasteiger partial charge in [-0.05, 0) is 18.8 Å². The molecule has 1 aromatic rings. The summed E-state index contributed by atoms with van der Waals surface area (Å²) >= 11 is 1.61. The fraction of sp³-hybridized carbons (Fsp3) is 0.786. The number of hydrogen-bond donors (Lipinski definition) is 1. The van der Waals surface area contributed by atoms with Crippen LogP contribution in [0.5, 0.6) is 0 Å². The Morgan fingerprint density at radius 2 is 1.86 bits per heavy atom. The van der Waals surface area contributed by atoms with E-state index in [0.717, 1.165) is 38.8 Å². The third-order valence-corrected chi connectivity index (χ3v) is 5.08. The molecule has 3 rings (SSSR count). The SMILES string of the molecule is Cl.Nc1ncc(CN2CCN(CC3CCOCC3)CC2)s1. The van der Waals surface area contributed by atoms with Crippen molar-refractivity contribution in [2.24, 2.45) is 5.92 Å². The summed E-state index contributed by atoms with van der Waals surface area (Å²) in [6, 6.07) is 0. The molecule has 0 saturated carbocycles. The van der Waals surface area contributed by atoms with Gasteiger partial charge in [-0.25, -0.2) is 4.98 Å². The molecule has 0 spiro atoms. The van der Waals surface area contributed by atoms with Crippen LogP contribution in [0.25, 0.3) is 0 Å². The first-order valence-corrected chi connectivity index (χ1v) is 8.34. The van der Waals surface area contributed by atoms with Crippen LogP contribution in [0.1, 0.15) is 17.7 Å². The fourth-order valence-electron chi connectivity index (χ4n) is 3.04. The first-order chi connectivity index (χ1) is 9.79. The van der Waals surface area contributed by atoms with Crippen molar-refractivity contribution in [3.05, 3.63) is 11.1 Å². The number of rotatable bonds is 4. The average molecular weight is 333 g/mol. The van der Waals surface area contributed by atoms with Gasteiger partial charge in [-0.1, -0.05) is 0 Å². The van der Waals surface area contributed by atoms with Crippen LogP contribution in [0.3, 0.4) is 0 Å². The fourth-order valence-corrected chi connectivity index (χ4v) is 3.77. The lowest BCUT2D eigenvalue weighted by molar-refractivity contribution is 0.0416. The van der Waals surface area contributed by atoms with Crippen molar-refractivity contribution >= 4 is 28.9 Å². The van der Waals surface area contributed by atoms with Crippen LogP contribution in [0, 0.1) is 5.92 Å². The van der Waals surface area contributed by atoms with Crippen molar-refractivity contribution in [2.45, 2.75) is 19.4 Å². The van der Waals surface area contributed by atoms with Gasteiger partial charge in [-0.2, -0.15) is 0 Å². The van der Waals surface area contributed by atoms with Gasteiger partial charge in [0.05, 0.1) is 0 Å². The Morgan fingerprint density at radius 3 is 2.48 bits per heavy atom. The average Bonchev–Trinajstić information content (AvgIpc) is 2.88. The topological polar surface area (TPSA) is 54.6 Å². The maximum atomic E-state index is 5.68. The predicted molar refractivity (Wildman–Crippen MR) is 89.0 cm³/mol. The Labute approximate surface area is 136 Å². The standard InChI is InChI=1S/C14H24N4OS.ClH/c15-14-16-9-13(20-14)11-18-5-3-17(4-6-18)10-12-1-7-19-8-2-12;/h9,12H,1-8,10-11H2,(H2,15,16);1H. The van der Waals surface area contributed by atoms with Crippen LogP contribution in [-0.2, 0) is 11.3 Å². The molecule has 2 aliphatic rings. The van der Waals surface area contributed by atoms with Crippen molar-refractivity contribution < 1.29 is 4.74 Å². The molecule has 0 aromatic carbocycles. The second-order valence-corrected chi connectivity index (χ2v) is 6.94. The normalized spacial score (nSPS) is 22.1. The lowest BCUT2D eigenvalue weighted by Gasteiger charge is -2.37. The zero-order valence-corrected chi connectivity index (χ0v) is 14.0. The molecule has 5 nitrogen and oxygen atoms in total. The van der Waals surface area contributed by atoms with E-state index in [4.69, 9.17) is 10.5 Å². The minimum atomic E-state index is 0. The smallest absolute Gasteiger partial charge is 0.180 e. The van der Waals surface area contributed by atoms with Crippen LogP contribution >= 0.6 is 23.7 Å². The van der Waals surface area contributed by atoms with E-state index >= 15 is 0 Å². The van der Waals surface area contributed by atoms with Crippen molar-refractivity contribution in [3.8, 4) is 0 Å². The summed E-state index contributed by atoms with van der Waals surface area (Å²) in [5.41, 5.74) is 5.68. The van der Waals surface area contributed by atoms with Crippen molar-refractivity contribution in [3.63, 3.8) is 0 Å². The van der Waals surface area contributed by atoms with Crippen LogP contribution in [0.4, 0.5) is 5.13 Å². The molecule has 0 amide bonds.